The van der Waals surface area contributed by atoms with Crippen molar-refractivity contribution in [1.82, 2.24) is 0 Å². The number of carbonyl (C=O) groups is 1. The van der Waals surface area contributed by atoms with Crippen LogP contribution in [0.5, 0.6) is 11.5 Å². The normalized spacial score (nSPS) is 22.7. The van der Waals surface area contributed by atoms with Crippen molar-refractivity contribution in [2.75, 3.05) is 12.0 Å². The van der Waals surface area contributed by atoms with Crippen molar-refractivity contribution in [2.45, 2.75) is 30.9 Å². The van der Waals surface area contributed by atoms with E-state index >= 15 is 0 Å². The highest BCUT2D eigenvalue weighted by atomic mass is 16.5. The number of rotatable bonds is 4. The largest absolute Gasteiger partial charge is 0.497 e. The second-order valence-corrected chi connectivity index (χ2v) is 7.62. The fraction of sp³-hybridized carbons (Fsp3) is 0.240. The topological polar surface area (TPSA) is 38.8 Å². The number of para-hydroxylation sites is 1. The molecule has 1 spiro atoms. The van der Waals surface area contributed by atoms with Crippen LogP contribution in [0.15, 0.2) is 78.9 Å². The molecular formula is C25H23NO3. The van der Waals surface area contributed by atoms with Gasteiger partial charge in [-0.15, -0.1) is 0 Å². The van der Waals surface area contributed by atoms with Crippen LogP contribution in [0.4, 0.5) is 5.69 Å². The number of hydrogen-bond acceptors (Lipinski definition) is 3. The van der Waals surface area contributed by atoms with Crippen molar-refractivity contribution in [3.8, 4) is 11.5 Å². The molecule has 4 heteroatoms. The van der Waals surface area contributed by atoms with Crippen LogP contribution in [0.25, 0.3) is 0 Å². The van der Waals surface area contributed by atoms with Crippen LogP contribution < -0.4 is 14.4 Å². The number of anilines is 1. The first-order chi connectivity index (χ1) is 14.2. The monoisotopic (exact) mass is 385 g/mol. The number of amides is 1. The maximum Gasteiger partial charge on any atom is 0.271 e. The minimum absolute atomic E-state index is 0.00396. The standard InChI is InChI=1S/C25H23NO3/c1-28-20-15-13-19(14-16-20)26-24(27)23(29-21-10-3-2-4-11-21)25(26)17-7-9-18-8-5-6-12-22(18)25/h2-6,8,10-16,23H,7,9,17H2,1H3. The third-order valence-corrected chi connectivity index (χ3v) is 6.09. The average molecular weight is 385 g/mol. The fourth-order valence-corrected chi connectivity index (χ4v) is 4.79. The fourth-order valence-electron chi connectivity index (χ4n) is 4.79. The van der Waals surface area contributed by atoms with Crippen molar-refractivity contribution in [3.63, 3.8) is 0 Å². The van der Waals surface area contributed by atoms with Crippen LogP contribution in [-0.2, 0) is 16.8 Å². The number of hydrogen-bond donors (Lipinski definition) is 0. The third-order valence-electron chi connectivity index (χ3n) is 6.09. The Labute approximate surface area is 170 Å². The minimum Gasteiger partial charge on any atom is -0.497 e. The Kier molecular flexibility index (Phi) is 4.27. The van der Waals surface area contributed by atoms with Gasteiger partial charge < -0.3 is 9.47 Å². The van der Waals surface area contributed by atoms with E-state index in [-0.39, 0.29) is 5.91 Å². The molecule has 3 aromatic rings. The summed E-state index contributed by atoms with van der Waals surface area (Å²) in [5.41, 5.74) is 2.88. The number of fused-ring (bicyclic) bond motifs is 2. The molecule has 1 amide bonds. The van der Waals surface area contributed by atoms with Gasteiger partial charge in [-0.2, -0.15) is 0 Å². The molecule has 4 nitrogen and oxygen atoms in total. The van der Waals surface area contributed by atoms with Crippen LogP contribution in [0.1, 0.15) is 24.0 Å². The van der Waals surface area contributed by atoms with Crippen LogP contribution in [0.3, 0.4) is 0 Å². The lowest BCUT2D eigenvalue weighted by molar-refractivity contribution is -0.143. The Morgan fingerprint density at radius 1 is 0.897 bits per heavy atom. The lowest BCUT2D eigenvalue weighted by Gasteiger charge is -2.58. The van der Waals surface area contributed by atoms with Gasteiger partial charge in [-0.05, 0) is 66.8 Å². The smallest absolute Gasteiger partial charge is 0.271 e. The van der Waals surface area contributed by atoms with E-state index in [4.69, 9.17) is 9.47 Å². The molecule has 2 aliphatic rings. The molecule has 3 aromatic carbocycles. The summed E-state index contributed by atoms with van der Waals surface area (Å²) in [5, 5.41) is 0. The number of methoxy groups -OCH3 is 1. The second kappa shape index (κ2) is 6.96. The summed E-state index contributed by atoms with van der Waals surface area (Å²) in [6, 6.07) is 25.8. The van der Waals surface area contributed by atoms with Gasteiger partial charge in [0.1, 0.15) is 17.0 Å². The van der Waals surface area contributed by atoms with Gasteiger partial charge in [0.25, 0.3) is 5.91 Å². The predicted octanol–water partition coefficient (Wildman–Crippen LogP) is 4.72. The molecule has 1 aliphatic carbocycles. The lowest BCUT2D eigenvalue weighted by Crippen LogP contribution is -2.75. The molecule has 0 saturated carbocycles. The van der Waals surface area contributed by atoms with Gasteiger partial charge >= 0.3 is 0 Å². The number of nitrogens with zero attached hydrogens (tertiary/aromatic N) is 1. The molecular weight excluding hydrogens is 362 g/mol. The van der Waals surface area contributed by atoms with Gasteiger partial charge in [-0.1, -0.05) is 42.5 Å². The van der Waals surface area contributed by atoms with E-state index in [2.05, 4.69) is 24.3 Å². The maximum atomic E-state index is 13.4. The zero-order valence-corrected chi connectivity index (χ0v) is 16.4. The molecule has 0 radical (unpaired) electrons. The molecule has 29 heavy (non-hydrogen) atoms. The van der Waals surface area contributed by atoms with Gasteiger partial charge in [0.05, 0.1) is 7.11 Å². The molecule has 5 rings (SSSR count). The van der Waals surface area contributed by atoms with Gasteiger partial charge in [0.15, 0.2) is 0 Å². The highest BCUT2D eigenvalue weighted by Crippen LogP contribution is 2.52. The predicted molar refractivity (Wildman–Crippen MR) is 112 cm³/mol. The molecule has 2 atom stereocenters. The summed E-state index contributed by atoms with van der Waals surface area (Å²) in [4.78, 5) is 15.3. The van der Waals surface area contributed by atoms with Gasteiger partial charge in [-0.3, -0.25) is 9.69 Å². The van der Waals surface area contributed by atoms with Crippen LogP contribution >= 0.6 is 0 Å². The Balaban J connectivity index is 1.61. The summed E-state index contributed by atoms with van der Waals surface area (Å²) < 4.78 is 11.6. The number of benzene rings is 3. The Morgan fingerprint density at radius 2 is 1.62 bits per heavy atom. The lowest BCUT2D eigenvalue weighted by atomic mass is 9.66. The van der Waals surface area contributed by atoms with Crippen LogP contribution in [-0.4, -0.2) is 19.1 Å². The minimum atomic E-state index is -0.534. The molecule has 0 N–H and O–H groups in total. The molecule has 0 bridgehead atoms. The van der Waals surface area contributed by atoms with Gasteiger partial charge in [0.2, 0.25) is 6.10 Å². The van der Waals surface area contributed by atoms with Crippen molar-refractivity contribution < 1.29 is 14.3 Å². The molecule has 1 aliphatic heterocycles. The Morgan fingerprint density at radius 3 is 2.38 bits per heavy atom. The summed E-state index contributed by atoms with van der Waals surface area (Å²) in [5.74, 6) is 1.50. The third kappa shape index (κ3) is 2.70. The molecule has 0 aromatic heterocycles. The van der Waals surface area contributed by atoms with E-state index in [1.165, 1.54) is 11.1 Å². The summed E-state index contributed by atoms with van der Waals surface area (Å²) in [7, 11) is 1.65. The number of aryl methyl sites for hydroxylation is 1. The van der Waals surface area contributed by atoms with E-state index in [1.54, 1.807) is 7.11 Å². The van der Waals surface area contributed by atoms with E-state index in [0.717, 1.165) is 36.4 Å². The first-order valence-electron chi connectivity index (χ1n) is 10.0. The molecule has 1 heterocycles. The molecule has 2 unspecified atom stereocenters. The van der Waals surface area contributed by atoms with Crippen molar-refractivity contribution in [2.24, 2.45) is 0 Å². The van der Waals surface area contributed by atoms with Crippen molar-refractivity contribution in [1.29, 1.82) is 0 Å². The molecule has 146 valence electrons. The first kappa shape index (κ1) is 17.8. The van der Waals surface area contributed by atoms with Crippen LogP contribution in [0.2, 0.25) is 0 Å². The van der Waals surface area contributed by atoms with Crippen molar-refractivity contribution >= 4 is 11.6 Å². The Bertz CT molecular complexity index is 1030. The number of β-lactam (4-membered cyclic amide) rings is 1. The van der Waals surface area contributed by atoms with Gasteiger partial charge in [-0.25, -0.2) is 0 Å². The first-order valence-corrected chi connectivity index (χ1v) is 10.0. The SMILES string of the molecule is COc1ccc(N2C(=O)C(Oc3ccccc3)C23CCCc2ccccc23)cc1. The summed E-state index contributed by atoms with van der Waals surface area (Å²) in [6.45, 7) is 0. The van der Waals surface area contributed by atoms with E-state index < -0.39 is 11.6 Å². The van der Waals surface area contributed by atoms with E-state index in [0.29, 0.717) is 0 Å². The van der Waals surface area contributed by atoms with E-state index in [9.17, 15) is 4.79 Å². The quantitative estimate of drug-likeness (QED) is 0.610. The zero-order chi connectivity index (χ0) is 19.8. The highest BCUT2D eigenvalue weighted by molar-refractivity contribution is 6.07. The number of carbonyl (C=O) groups excluding carboxylic acids is 1. The van der Waals surface area contributed by atoms with Crippen molar-refractivity contribution in [3.05, 3.63) is 90.0 Å². The zero-order valence-electron chi connectivity index (χ0n) is 16.4. The van der Waals surface area contributed by atoms with Gasteiger partial charge in [0, 0.05) is 5.69 Å². The molecule has 1 saturated heterocycles. The number of ether oxygens (including phenoxy) is 2. The van der Waals surface area contributed by atoms with Crippen LogP contribution in [0, 0.1) is 0 Å². The summed E-state index contributed by atoms with van der Waals surface area (Å²) in [6.07, 6.45) is 2.39. The maximum absolute atomic E-state index is 13.4. The average Bonchev–Trinajstić information content (AvgIpc) is 2.79. The summed E-state index contributed by atoms with van der Waals surface area (Å²) >= 11 is 0. The molecule has 1 fully saturated rings. The van der Waals surface area contributed by atoms with E-state index in [1.807, 2.05) is 59.5 Å². The highest BCUT2D eigenvalue weighted by Gasteiger charge is 2.64. The second-order valence-electron chi connectivity index (χ2n) is 7.62. The Hall–Kier alpha value is -3.27.